The maximum absolute atomic E-state index is 12.3. The number of hydrogen-bond acceptors (Lipinski definition) is 6. The van der Waals surface area contributed by atoms with Gasteiger partial charge in [-0.05, 0) is 32.0 Å². The zero-order chi connectivity index (χ0) is 20.5. The van der Waals surface area contributed by atoms with Crippen molar-refractivity contribution in [3.05, 3.63) is 46.0 Å². The average molecular weight is 384 g/mol. The summed E-state index contributed by atoms with van der Waals surface area (Å²) in [5.74, 6) is 0.951. The van der Waals surface area contributed by atoms with Gasteiger partial charge in [0.05, 0.1) is 11.7 Å². The molecule has 0 saturated carbocycles. The molecule has 1 saturated heterocycles. The average Bonchev–Trinajstić information content (AvgIpc) is 2.60. The highest BCUT2D eigenvalue weighted by Crippen LogP contribution is 2.24. The molecule has 1 aliphatic rings. The second-order valence-corrected chi connectivity index (χ2v) is 8.60. The third-order valence-electron chi connectivity index (χ3n) is 4.80. The van der Waals surface area contributed by atoms with Gasteiger partial charge in [0.2, 0.25) is 0 Å². The standard InChI is InChI=1S/C20H28N6O2/c1-13(2)26-18(27)9-6-15(24-26)19(28)21-10-14-11-25(12-14)17-8-7-16(22-23-17)20(3,4)5/h6-9,13-14H,10-12H2,1-5H3,(H,21,28). The van der Waals surface area contributed by atoms with Gasteiger partial charge in [0.15, 0.2) is 5.82 Å². The van der Waals surface area contributed by atoms with Crippen LogP contribution in [0.25, 0.3) is 0 Å². The fourth-order valence-corrected chi connectivity index (χ4v) is 3.02. The lowest BCUT2D eigenvalue weighted by atomic mass is 9.92. The zero-order valence-electron chi connectivity index (χ0n) is 17.1. The second kappa shape index (κ2) is 7.69. The van der Waals surface area contributed by atoms with Gasteiger partial charge in [-0.15, -0.1) is 5.10 Å². The summed E-state index contributed by atoms with van der Waals surface area (Å²) < 4.78 is 1.32. The highest BCUT2D eigenvalue weighted by molar-refractivity contribution is 5.92. The normalized spacial score (nSPS) is 14.9. The van der Waals surface area contributed by atoms with Gasteiger partial charge < -0.3 is 10.2 Å². The lowest BCUT2D eigenvalue weighted by Crippen LogP contribution is -2.52. The Balaban J connectivity index is 1.51. The van der Waals surface area contributed by atoms with E-state index < -0.39 is 0 Å². The Kier molecular flexibility index (Phi) is 5.49. The molecule has 8 nitrogen and oxygen atoms in total. The number of rotatable bonds is 5. The lowest BCUT2D eigenvalue weighted by Gasteiger charge is -2.40. The van der Waals surface area contributed by atoms with Gasteiger partial charge in [0.1, 0.15) is 5.69 Å². The summed E-state index contributed by atoms with van der Waals surface area (Å²) >= 11 is 0. The first-order valence-corrected chi connectivity index (χ1v) is 9.62. The first-order chi connectivity index (χ1) is 13.1. The van der Waals surface area contributed by atoms with Crippen molar-refractivity contribution < 1.29 is 4.79 Å². The fraction of sp³-hybridized carbons (Fsp3) is 0.550. The number of hydrogen-bond donors (Lipinski definition) is 1. The Morgan fingerprint density at radius 1 is 1.18 bits per heavy atom. The molecule has 28 heavy (non-hydrogen) atoms. The number of nitrogens with one attached hydrogen (secondary N) is 1. The van der Waals surface area contributed by atoms with Gasteiger partial charge in [-0.25, -0.2) is 4.68 Å². The van der Waals surface area contributed by atoms with Crippen molar-refractivity contribution in [3.8, 4) is 0 Å². The van der Waals surface area contributed by atoms with E-state index in [2.05, 4.69) is 46.3 Å². The van der Waals surface area contributed by atoms with Crippen LogP contribution in [0, 0.1) is 5.92 Å². The predicted molar refractivity (Wildman–Crippen MR) is 108 cm³/mol. The monoisotopic (exact) mass is 384 g/mol. The Bertz CT molecular complexity index is 892. The van der Waals surface area contributed by atoms with E-state index in [1.807, 2.05) is 26.0 Å². The fourth-order valence-electron chi connectivity index (χ4n) is 3.02. The molecule has 1 N–H and O–H groups in total. The van der Waals surface area contributed by atoms with Crippen molar-refractivity contribution in [2.24, 2.45) is 5.92 Å². The van der Waals surface area contributed by atoms with Crippen LogP contribution >= 0.6 is 0 Å². The van der Waals surface area contributed by atoms with Crippen molar-refractivity contribution in [2.75, 3.05) is 24.5 Å². The van der Waals surface area contributed by atoms with Crippen LogP contribution in [-0.2, 0) is 5.41 Å². The van der Waals surface area contributed by atoms with Gasteiger partial charge in [-0.2, -0.15) is 10.2 Å². The molecule has 1 aliphatic heterocycles. The summed E-state index contributed by atoms with van der Waals surface area (Å²) in [6.45, 7) is 12.3. The molecule has 0 unspecified atom stereocenters. The Morgan fingerprint density at radius 3 is 2.46 bits per heavy atom. The molecule has 0 bridgehead atoms. The number of amides is 1. The van der Waals surface area contributed by atoms with E-state index in [0.717, 1.165) is 24.6 Å². The summed E-state index contributed by atoms with van der Waals surface area (Å²) in [6.07, 6.45) is 0. The first-order valence-electron chi connectivity index (χ1n) is 9.62. The quantitative estimate of drug-likeness (QED) is 0.845. The molecule has 0 aromatic carbocycles. The van der Waals surface area contributed by atoms with Crippen LogP contribution in [0.5, 0.6) is 0 Å². The lowest BCUT2D eigenvalue weighted by molar-refractivity contribution is 0.0936. The minimum atomic E-state index is -0.262. The van der Waals surface area contributed by atoms with E-state index in [1.165, 1.54) is 16.8 Å². The van der Waals surface area contributed by atoms with Crippen LogP contribution < -0.4 is 15.8 Å². The Morgan fingerprint density at radius 2 is 1.89 bits per heavy atom. The van der Waals surface area contributed by atoms with Gasteiger partial charge >= 0.3 is 0 Å². The van der Waals surface area contributed by atoms with Gasteiger partial charge in [-0.1, -0.05) is 20.8 Å². The third kappa shape index (κ3) is 4.37. The van der Waals surface area contributed by atoms with Crippen molar-refractivity contribution in [3.63, 3.8) is 0 Å². The minimum Gasteiger partial charge on any atom is -0.354 e. The first kappa shape index (κ1) is 20.0. The van der Waals surface area contributed by atoms with Gasteiger partial charge in [0, 0.05) is 37.0 Å². The molecule has 3 heterocycles. The number of carbonyl (C=O) groups is 1. The van der Waals surface area contributed by atoms with Gasteiger partial charge in [0.25, 0.3) is 11.5 Å². The van der Waals surface area contributed by atoms with E-state index in [0.29, 0.717) is 12.5 Å². The topological polar surface area (TPSA) is 93.0 Å². The molecule has 0 atom stereocenters. The zero-order valence-corrected chi connectivity index (χ0v) is 17.1. The van der Waals surface area contributed by atoms with E-state index in [9.17, 15) is 9.59 Å². The molecular weight excluding hydrogens is 356 g/mol. The molecule has 150 valence electrons. The molecule has 2 aromatic rings. The highest BCUT2D eigenvalue weighted by atomic mass is 16.2. The van der Waals surface area contributed by atoms with Crippen LogP contribution in [-0.4, -0.2) is 45.5 Å². The van der Waals surface area contributed by atoms with Crippen LogP contribution in [0.15, 0.2) is 29.1 Å². The maximum Gasteiger partial charge on any atom is 0.271 e. The van der Waals surface area contributed by atoms with Crippen LogP contribution in [0.2, 0.25) is 0 Å². The number of anilines is 1. The van der Waals surface area contributed by atoms with Crippen LogP contribution in [0.4, 0.5) is 5.82 Å². The summed E-state index contributed by atoms with van der Waals surface area (Å²) in [4.78, 5) is 26.2. The minimum absolute atomic E-state index is 0.0145. The maximum atomic E-state index is 12.3. The largest absolute Gasteiger partial charge is 0.354 e. The van der Waals surface area contributed by atoms with Crippen molar-refractivity contribution >= 4 is 11.7 Å². The molecule has 1 fully saturated rings. The van der Waals surface area contributed by atoms with E-state index >= 15 is 0 Å². The molecule has 0 aliphatic carbocycles. The Hall–Kier alpha value is -2.77. The smallest absolute Gasteiger partial charge is 0.271 e. The number of nitrogens with zero attached hydrogens (tertiary/aromatic N) is 5. The molecule has 0 radical (unpaired) electrons. The molecule has 8 heteroatoms. The number of carbonyl (C=O) groups excluding carboxylic acids is 1. The summed E-state index contributed by atoms with van der Waals surface area (Å²) in [5.41, 5.74) is 1.00. The van der Waals surface area contributed by atoms with E-state index in [4.69, 9.17) is 0 Å². The summed E-state index contributed by atoms with van der Waals surface area (Å²) in [6, 6.07) is 6.78. The predicted octanol–water partition coefficient (Wildman–Crippen LogP) is 1.78. The Labute approximate surface area is 165 Å². The molecule has 0 spiro atoms. The van der Waals surface area contributed by atoms with Crippen LogP contribution in [0.1, 0.15) is 56.8 Å². The SMILES string of the molecule is CC(C)n1nc(C(=O)NCC2CN(c3ccc(C(C)(C)C)nn3)C2)ccc1=O. The summed E-state index contributed by atoms with van der Waals surface area (Å²) in [7, 11) is 0. The van der Waals surface area contributed by atoms with Crippen LogP contribution in [0.3, 0.4) is 0 Å². The molecule has 1 amide bonds. The highest BCUT2D eigenvalue weighted by Gasteiger charge is 2.29. The van der Waals surface area contributed by atoms with E-state index in [-0.39, 0.29) is 28.6 Å². The second-order valence-electron chi connectivity index (χ2n) is 8.60. The van der Waals surface area contributed by atoms with Crippen molar-refractivity contribution in [2.45, 2.75) is 46.1 Å². The molecule has 3 rings (SSSR count). The third-order valence-corrected chi connectivity index (χ3v) is 4.80. The van der Waals surface area contributed by atoms with Crippen molar-refractivity contribution in [1.82, 2.24) is 25.3 Å². The van der Waals surface area contributed by atoms with Crippen molar-refractivity contribution in [1.29, 1.82) is 0 Å². The summed E-state index contributed by atoms with van der Waals surface area (Å²) in [5, 5.41) is 15.7. The molecule has 2 aromatic heterocycles. The number of aromatic nitrogens is 4. The molecular formula is C20H28N6O2. The van der Waals surface area contributed by atoms with Gasteiger partial charge in [-0.3, -0.25) is 9.59 Å². The van der Waals surface area contributed by atoms with E-state index in [1.54, 1.807) is 0 Å².